The van der Waals surface area contributed by atoms with Gasteiger partial charge in [0.2, 0.25) is 0 Å². The van der Waals surface area contributed by atoms with E-state index in [1.165, 1.54) is 0 Å². The Kier molecular flexibility index (Phi) is 13.0. The van der Waals surface area contributed by atoms with Crippen molar-refractivity contribution in [1.82, 2.24) is 19.5 Å². The minimum atomic E-state index is 0.419. The van der Waals surface area contributed by atoms with Gasteiger partial charge in [-0.15, -0.1) is 11.6 Å². The summed E-state index contributed by atoms with van der Waals surface area (Å²) in [5.41, 5.74) is 6.33. The molecule has 1 N–H and O–H groups in total. The number of H-pyrrole nitrogens is 1. The molecule has 8 aromatic rings. The zero-order chi connectivity index (χ0) is 36.7. The highest BCUT2D eigenvalue weighted by atomic mass is 35.5. The van der Waals surface area contributed by atoms with Crippen LogP contribution < -0.4 is 18.9 Å². The number of methoxy groups -OCH3 is 2. The van der Waals surface area contributed by atoms with E-state index in [1.54, 1.807) is 14.2 Å². The molecule has 0 aliphatic heterocycles. The van der Waals surface area contributed by atoms with E-state index >= 15 is 0 Å². The van der Waals surface area contributed by atoms with Crippen LogP contribution in [0.1, 0.15) is 22.8 Å². The van der Waals surface area contributed by atoms with Crippen molar-refractivity contribution in [3.05, 3.63) is 181 Å². The van der Waals surface area contributed by atoms with Crippen molar-refractivity contribution in [2.75, 3.05) is 14.2 Å². The molecule has 0 radical (unpaired) electrons. The van der Waals surface area contributed by atoms with Gasteiger partial charge in [-0.3, -0.25) is 0 Å². The minimum absolute atomic E-state index is 0.419. The molecule has 0 aliphatic carbocycles. The average Bonchev–Trinajstić information content (AvgIpc) is 3.81. The lowest BCUT2D eigenvalue weighted by Gasteiger charge is -2.11. The summed E-state index contributed by atoms with van der Waals surface area (Å²) in [6, 6.07) is 51.5. The number of alkyl halides is 1. The highest BCUT2D eigenvalue weighted by Gasteiger charge is 2.12. The summed E-state index contributed by atoms with van der Waals surface area (Å²) in [7, 11) is 3.33. The normalized spacial score (nSPS) is 10.5. The molecule has 0 saturated carbocycles. The van der Waals surface area contributed by atoms with Gasteiger partial charge in [-0.05, 0) is 83.9 Å². The minimum Gasteiger partial charge on any atom is -0.497 e. The summed E-state index contributed by atoms with van der Waals surface area (Å²) in [6.07, 6.45) is 0. The van der Waals surface area contributed by atoms with Gasteiger partial charge in [-0.25, -0.2) is 9.97 Å². The fourth-order valence-corrected chi connectivity index (χ4v) is 5.69. The van der Waals surface area contributed by atoms with Crippen molar-refractivity contribution >= 4 is 33.7 Å². The van der Waals surface area contributed by atoms with Gasteiger partial charge < -0.3 is 28.5 Å². The van der Waals surface area contributed by atoms with Gasteiger partial charge >= 0.3 is 0 Å². The Balaban J connectivity index is 0.000000152. The zero-order valence-electron chi connectivity index (χ0n) is 29.7. The van der Waals surface area contributed by atoms with Crippen LogP contribution in [-0.2, 0) is 25.6 Å². The maximum Gasteiger partial charge on any atom is 0.148 e. The highest BCUT2D eigenvalue weighted by Crippen LogP contribution is 2.22. The number of aromatic amines is 1. The van der Waals surface area contributed by atoms with Crippen LogP contribution in [0.3, 0.4) is 0 Å². The first-order valence-electron chi connectivity index (χ1n) is 17.2. The first-order valence-corrected chi connectivity index (χ1v) is 17.7. The van der Waals surface area contributed by atoms with Crippen LogP contribution in [0.4, 0.5) is 0 Å². The van der Waals surface area contributed by atoms with Gasteiger partial charge in [0.15, 0.2) is 0 Å². The van der Waals surface area contributed by atoms with Gasteiger partial charge in [0.25, 0.3) is 0 Å². The first kappa shape index (κ1) is 36.5. The summed E-state index contributed by atoms with van der Waals surface area (Å²) in [6.45, 7) is 1.59. The molecule has 268 valence electrons. The predicted octanol–water partition coefficient (Wildman–Crippen LogP) is 10.2. The number of nitrogens with zero attached hydrogens (tertiary/aromatic N) is 3. The van der Waals surface area contributed by atoms with E-state index in [-0.39, 0.29) is 0 Å². The molecule has 0 fully saturated rings. The number of ether oxygens (including phenoxy) is 4. The molecule has 0 spiro atoms. The van der Waals surface area contributed by atoms with E-state index in [0.29, 0.717) is 25.6 Å². The lowest BCUT2D eigenvalue weighted by molar-refractivity contribution is 0.291. The standard InChI is InChI=1S/C22H20N2O2.C14H12N2O.C8H9ClO/c1-25-19-11-7-8-17(14-19)15-24-21-13-6-5-12-20(21)23-22(24)16-26-18-9-3-2-4-10-18;1-2-6-11(7-3-1)17-10-14-15-12-8-4-5-9-13(12)16-14;1-10-8-4-2-3-7(5-8)6-9/h2-14H,15-16H2,1H3;1-9H,10H2,(H,15,16);2-5H,6H2,1H3. The third-order valence-electron chi connectivity index (χ3n) is 8.17. The van der Waals surface area contributed by atoms with E-state index in [2.05, 4.69) is 32.7 Å². The fourth-order valence-electron chi connectivity index (χ4n) is 5.53. The molecule has 0 atom stereocenters. The van der Waals surface area contributed by atoms with Crippen LogP contribution in [0, 0.1) is 0 Å². The van der Waals surface area contributed by atoms with E-state index in [0.717, 1.165) is 67.8 Å². The summed E-state index contributed by atoms with van der Waals surface area (Å²) in [5.74, 6) is 5.69. The third kappa shape index (κ3) is 10.4. The van der Waals surface area contributed by atoms with Gasteiger partial charge in [-0.1, -0.05) is 84.9 Å². The zero-order valence-corrected chi connectivity index (χ0v) is 30.4. The molecule has 9 heteroatoms. The lowest BCUT2D eigenvalue weighted by Crippen LogP contribution is -2.08. The molecule has 0 unspecified atom stereocenters. The number of nitrogens with one attached hydrogen (secondary N) is 1. The van der Waals surface area contributed by atoms with Crippen LogP contribution >= 0.6 is 11.6 Å². The van der Waals surface area contributed by atoms with Crippen LogP contribution in [0.5, 0.6) is 23.0 Å². The van der Waals surface area contributed by atoms with E-state index in [1.807, 2.05) is 140 Å². The number of hydrogen-bond donors (Lipinski definition) is 1. The first-order chi connectivity index (χ1) is 26.1. The second-order valence-corrected chi connectivity index (χ2v) is 12.1. The molecule has 0 saturated heterocycles. The number of benzene rings is 6. The lowest BCUT2D eigenvalue weighted by atomic mass is 10.2. The summed E-state index contributed by atoms with van der Waals surface area (Å²) in [4.78, 5) is 12.5. The SMILES string of the molecule is COc1cccc(CCl)c1.COc1cccc(Cn2c(COc3ccccc3)nc3ccccc32)c1.c1ccc(OCc2nc3ccccc3[nH]2)cc1. The van der Waals surface area contributed by atoms with Crippen molar-refractivity contribution in [2.45, 2.75) is 25.6 Å². The maximum atomic E-state index is 5.94. The number of aromatic nitrogens is 4. The van der Waals surface area contributed by atoms with Crippen LogP contribution in [0.25, 0.3) is 22.1 Å². The molecular formula is C44H41ClN4O4. The van der Waals surface area contributed by atoms with Crippen molar-refractivity contribution in [1.29, 1.82) is 0 Å². The quantitative estimate of drug-likeness (QED) is 0.134. The molecule has 2 heterocycles. The molecule has 0 amide bonds. The number of hydrogen-bond acceptors (Lipinski definition) is 6. The van der Waals surface area contributed by atoms with Crippen molar-refractivity contribution in [2.24, 2.45) is 0 Å². The molecule has 53 heavy (non-hydrogen) atoms. The molecule has 8 nitrogen and oxygen atoms in total. The van der Waals surface area contributed by atoms with Crippen LogP contribution in [0.2, 0.25) is 0 Å². The Morgan fingerprint density at radius 1 is 0.547 bits per heavy atom. The Hall–Kier alpha value is -6.25. The van der Waals surface area contributed by atoms with Crippen molar-refractivity contribution in [3.8, 4) is 23.0 Å². The monoisotopic (exact) mass is 724 g/mol. The predicted molar refractivity (Wildman–Crippen MR) is 212 cm³/mol. The van der Waals surface area contributed by atoms with Crippen molar-refractivity contribution < 1.29 is 18.9 Å². The topological polar surface area (TPSA) is 83.4 Å². The van der Waals surface area contributed by atoms with Crippen LogP contribution in [0.15, 0.2) is 158 Å². The van der Waals surface area contributed by atoms with E-state index in [4.69, 9.17) is 35.5 Å². The summed E-state index contributed by atoms with van der Waals surface area (Å²) < 4.78 is 24.1. The second-order valence-electron chi connectivity index (χ2n) is 11.8. The van der Waals surface area contributed by atoms with E-state index < -0.39 is 0 Å². The number of imidazole rings is 2. The largest absolute Gasteiger partial charge is 0.497 e. The second kappa shape index (κ2) is 18.8. The number of halogens is 1. The number of para-hydroxylation sites is 6. The van der Waals surface area contributed by atoms with E-state index in [9.17, 15) is 0 Å². The number of fused-ring (bicyclic) bond motifs is 2. The smallest absolute Gasteiger partial charge is 0.148 e. The van der Waals surface area contributed by atoms with Gasteiger partial charge in [0.1, 0.15) is 47.9 Å². The average molecular weight is 725 g/mol. The number of rotatable bonds is 11. The highest BCUT2D eigenvalue weighted by molar-refractivity contribution is 6.17. The Labute approximate surface area is 314 Å². The molecule has 0 bridgehead atoms. The van der Waals surface area contributed by atoms with Gasteiger partial charge in [0.05, 0.1) is 36.3 Å². The summed E-state index contributed by atoms with van der Waals surface area (Å²) in [5, 5.41) is 0. The molecule has 8 rings (SSSR count). The molecule has 6 aromatic carbocycles. The molecule has 2 aromatic heterocycles. The third-order valence-corrected chi connectivity index (χ3v) is 8.47. The van der Waals surface area contributed by atoms with Gasteiger partial charge in [-0.2, -0.15) is 0 Å². The van der Waals surface area contributed by atoms with Crippen LogP contribution in [-0.4, -0.2) is 33.7 Å². The fraction of sp³-hybridized carbons (Fsp3) is 0.136. The Morgan fingerprint density at radius 2 is 1.09 bits per heavy atom. The van der Waals surface area contributed by atoms with Crippen molar-refractivity contribution in [3.63, 3.8) is 0 Å². The maximum absolute atomic E-state index is 5.94. The van der Waals surface area contributed by atoms with Gasteiger partial charge in [0, 0.05) is 12.4 Å². The Bertz CT molecular complexity index is 2260. The Morgan fingerprint density at radius 3 is 1.74 bits per heavy atom. The molecular weight excluding hydrogens is 684 g/mol. The summed E-state index contributed by atoms with van der Waals surface area (Å²) >= 11 is 5.60. The molecule has 0 aliphatic rings.